The molecule has 3 rings (SSSR count). The van der Waals surface area contributed by atoms with E-state index in [1.54, 1.807) is 0 Å². The van der Waals surface area contributed by atoms with Crippen LogP contribution in [0.25, 0.3) is 0 Å². The van der Waals surface area contributed by atoms with Crippen LogP contribution in [-0.4, -0.2) is 23.1 Å². The first-order chi connectivity index (χ1) is 10.5. The Balaban J connectivity index is 1.62. The number of halogens is 3. The van der Waals surface area contributed by atoms with Crippen molar-refractivity contribution in [2.24, 2.45) is 5.92 Å². The van der Waals surface area contributed by atoms with Crippen LogP contribution in [-0.2, 0) is 12.6 Å². The highest BCUT2D eigenvalue weighted by molar-refractivity contribution is 5.32. The Morgan fingerprint density at radius 3 is 2.18 bits per heavy atom. The van der Waals surface area contributed by atoms with Crippen LogP contribution in [0.5, 0.6) is 11.5 Å². The zero-order valence-corrected chi connectivity index (χ0v) is 11.6. The molecule has 0 amide bonds. The number of ether oxygens (including phenoxy) is 1. The van der Waals surface area contributed by atoms with Crippen LogP contribution >= 0.6 is 0 Å². The van der Waals surface area contributed by atoms with Gasteiger partial charge in [-0.05, 0) is 43.3 Å². The number of benzene rings is 1. The SMILES string of the molecule is FC(F)(F)c1ccc(Oc2cnc(CC3CNC3)nc2)cc1. The molecule has 1 N–H and O–H groups in total. The molecule has 2 aromatic rings. The van der Waals surface area contributed by atoms with E-state index in [0.29, 0.717) is 17.4 Å². The van der Waals surface area contributed by atoms with Gasteiger partial charge in [0, 0.05) is 6.42 Å². The number of hydrogen-bond donors (Lipinski definition) is 1. The van der Waals surface area contributed by atoms with Crippen LogP contribution in [0.2, 0.25) is 0 Å². The molecule has 0 radical (unpaired) electrons. The summed E-state index contributed by atoms with van der Waals surface area (Å²) in [5.74, 6) is 2.02. The van der Waals surface area contributed by atoms with Crippen molar-refractivity contribution in [2.45, 2.75) is 12.6 Å². The predicted molar refractivity (Wildman–Crippen MR) is 73.6 cm³/mol. The fraction of sp³-hybridized carbons (Fsp3) is 0.333. The van der Waals surface area contributed by atoms with Crippen molar-refractivity contribution in [3.63, 3.8) is 0 Å². The summed E-state index contributed by atoms with van der Waals surface area (Å²) in [6.07, 6.45) is -0.467. The van der Waals surface area contributed by atoms with E-state index in [1.807, 2.05) is 0 Å². The van der Waals surface area contributed by atoms with Gasteiger partial charge in [-0.1, -0.05) is 0 Å². The lowest BCUT2D eigenvalue weighted by Crippen LogP contribution is -2.43. The first-order valence-electron chi connectivity index (χ1n) is 6.87. The van der Waals surface area contributed by atoms with E-state index in [9.17, 15) is 13.2 Å². The van der Waals surface area contributed by atoms with Crippen molar-refractivity contribution in [1.29, 1.82) is 0 Å². The quantitative estimate of drug-likeness (QED) is 0.943. The summed E-state index contributed by atoms with van der Waals surface area (Å²) in [4.78, 5) is 8.42. The standard InChI is InChI=1S/C15H14F3N3O/c16-15(17,18)11-1-3-12(4-2-11)22-13-8-20-14(21-9-13)5-10-6-19-7-10/h1-4,8-10,19H,5-7H2. The number of nitrogens with one attached hydrogen (secondary N) is 1. The highest BCUT2D eigenvalue weighted by atomic mass is 19.4. The molecular weight excluding hydrogens is 295 g/mol. The average molecular weight is 309 g/mol. The molecule has 0 saturated carbocycles. The number of alkyl halides is 3. The molecule has 0 bridgehead atoms. The Labute approximate surface area is 125 Å². The van der Waals surface area contributed by atoms with E-state index >= 15 is 0 Å². The monoisotopic (exact) mass is 309 g/mol. The summed E-state index contributed by atoms with van der Waals surface area (Å²) in [5, 5.41) is 3.18. The van der Waals surface area contributed by atoms with Crippen molar-refractivity contribution >= 4 is 0 Å². The lowest BCUT2D eigenvalue weighted by atomic mass is 9.99. The highest BCUT2D eigenvalue weighted by Gasteiger charge is 2.30. The second-order valence-electron chi connectivity index (χ2n) is 5.19. The Bertz CT molecular complexity index is 622. The molecule has 0 spiro atoms. The molecule has 2 heterocycles. The molecule has 1 aliphatic rings. The number of rotatable bonds is 4. The zero-order chi connectivity index (χ0) is 15.6. The van der Waals surface area contributed by atoms with Gasteiger partial charge in [0.1, 0.15) is 11.6 Å². The lowest BCUT2D eigenvalue weighted by molar-refractivity contribution is -0.137. The Morgan fingerprint density at radius 2 is 1.68 bits per heavy atom. The minimum Gasteiger partial charge on any atom is -0.454 e. The van der Waals surface area contributed by atoms with Crippen LogP contribution in [0.3, 0.4) is 0 Å². The third-order valence-corrected chi connectivity index (χ3v) is 3.44. The van der Waals surface area contributed by atoms with Crippen LogP contribution in [0.4, 0.5) is 13.2 Å². The summed E-state index contributed by atoms with van der Waals surface area (Å²) in [7, 11) is 0. The van der Waals surface area contributed by atoms with E-state index in [-0.39, 0.29) is 0 Å². The van der Waals surface area contributed by atoms with Gasteiger partial charge in [-0.15, -0.1) is 0 Å². The topological polar surface area (TPSA) is 47.0 Å². The molecule has 1 aromatic carbocycles. The minimum atomic E-state index is -4.35. The van der Waals surface area contributed by atoms with Gasteiger partial charge in [-0.25, -0.2) is 9.97 Å². The fourth-order valence-corrected chi connectivity index (χ4v) is 2.10. The van der Waals surface area contributed by atoms with E-state index in [1.165, 1.54) is 24.5 Å². The fourth-order valence-electron chi connectivity index (χ4n) is 2.10. The van der Waals surface area contributed by atoms with Gasteiger partial charge < -0.3 is 10.1 Å². The maximum Gasteiger partial charge on any atom is 0.416 e. The van der Waals surface area contributed by atoms with Gasteiger partial charge in [0.05, 0.1) is 18.0 Å². The normalized spacial score (nSPS) is 15.4. The van der Waals surface area contributed by atoms with E-state index in [0.717, 1.165) is 37.5 Å². The zero-order valence-electron chi connectivity index (χ0n) is 11.6. The lowest BCUT2D eigenvalue weighted by Gasteiger charge is -2.26. The van der Waals surface area contributed by atoms with Gasteiger partial charge in [0.15, 0.2) is 5.75 Å². The van der Waals surface area contributed by atoms with Crippen LogP contribution in [0.15, 0.2) is 36.7 Å². The van der Waals surface area contributed by atoms with Crippen molar-refractivity contribution in [3.05, 3.63) is 48.0 Å². The van der Waals surface area contributed by atoms with E-state index < -0.39 is 11.7 Å². The summed E-state index contributed by atoms with van der Waals surface area (Å²) >= 11 is 0. The second kappa shape index (κ2) is 5.92. The van der Waals surface area contributed by atoms with Gasteiger partial charge in [0.2, 0.25) is 0 Å². The van der Waals surface area contributed by atoms with Crippen LogP contribution in [0.1, 0.15) is 11.4 Å². The number of aromatic nitrogens is 2. The summed E-state index contributed by atoms with van der Waals surface area (Å²) in [5.41, 5.74) is -0.708. The first kappa shape index (κ1) is 14.8. The molecule has 1 saturated heterocycles. The molecule has 0 aliphatic carbocycles. The molecule has 0 atom stereocenters. The molecule has 116 valence electrons. The second-order valence-corrected chi connectivity index (χ2v) is 5.19. The average Bonchev–Trinajstić information content (AvgIpc) is 2.44. The molecular formula is C15H14F3N3O. The molecule has 4 nitrogen and oxygen atoms in total. The Morgan fingerprint density at radius 1 is 1.05 bits per heavy atom. The molecule has 0 unspecified atom stereocenters. The van der Waals surface area contributed by atoms with Crippen LogP contribution in [0, 0.1) is 5.92 Å². The third kappa shape index (κ3) is 3.54. The van der Waals surface area contributed by atoms with E-state index in [4.69, 9.17) is 4.74 Å². The van der Waals surface area contributed by atoms with Gasteiger partial charge in [0.25, 0.3) is 0 Å². The largest absolute Gasteiger partial charge is 0.454 e. The molecule has 1 fully saturated rings. The number of hydrogen-bond acceptors (Lipinski definition) is 4. The van der Waals surface area contributed by atoms with Gasteiger partial charge in [-0.3, -0.25) is 0 Å². The Kier molecular flexibility index (Phi) is 3.98. The summed E-state index contributed by atoms with van der Waals surface area (Å²) in [6.45, 7) is 1.96. The highest BCUT2D eigenvalue weighted by Crippen LogP contribution is 2.31. The Hall–Kier alpha value is -2.15. The maximum absolute atomic E-state index is 12.5. The van der Waals surface area contributed by atoms with Crippen molar-refractivity contribution in [1.82, 2.24) is 15.3 Å². The van der Waals surface area contributed by atoms with Crippen molar-refractivity contribution < 1.29 is 17.9 Å². The number of nitrogens with zero attached hydrogens (tertiary/aromatic N) is 2. The third-order valence-electron chi connectivity index (χ3n) is 3.44. The minimum absolute atomic E-state index is 0.313. The molecule has 1 aliphatic heterocycles. The van der Waals surface area contributed by atoms with Gasteiger partial charge >= 0.3 is 6.18 Å². The van der Waals surface area contributed by atoms with Crippen molar-refractivity contribution in [2.75, 3.05) is 13.1 Å². The van der Waals surface area contributed by atoms with E-state index in [2.05, 4.69) is 15.3 Å². The summed E-state index contributed by atoms with van der Waals surface area (Å²) in [6, 6.07) is 4.51. The van der Waals surface area contributed by atoms with Crippen LogP contribution < -0.4 is 10.1 Å². The molecule has 7 heteroatoms. The molecule has 22 heavy (non-hydrogen) atoms. The van der Waals surface area contributed by atoms with Crippen molar-refractivity contribution in [3.8, 4) is 11.5 Å². The summed E-state index contributed by atoms with van der Waals surface area (Å²) < 4.78 is 42.8. The predicted octanol–water partition coefficient (Wildman–Crippen LogP) is 3.05. The maximum atomic E-state index is 12.5. The first-order valence-corrected chi connectivity index (χ1v) is 6.87. The molecule has 1 aromatic heterocycles. The smallest absolute Gasteiger partial charge is 0.416 e. The van der Waals surface area contributed by atoms with Gasteiger partial charge in [-0.2, -0.15) is 13.2 Å².